The van der Waals surface area contributed by atoms with Crippen molar-refractivity contribution in [1.82, 2.24) is 20.0 Å². The average molecular weight is 371 g/mol. The third kappa shape index (κ3) is 5.92. The van der Waals surface area contributed by atoms with E-state index in [9.17, 15) is 9.59 Å². The van der Waals surface area contributed by atoms with E-state index in [4.69, 9.17) is 0 Å². The number of hydrogen-bond donors (Lipinski definition) is 2. The Kier molecular flexibility index (Phi) is 7.12. The standard InChI is InChI=1S/C20H29N5O2/c1-6-9-21-19(26)12-24(5)13-20(27)22-18-11-16(4)23-25(18)17-10-14(2)7-8-15(17)3/h7-8,10-11H,6,9,12-13H2,1-5H3,(H,21,26)(H,22,27). The predicted molar refractivity (Wildman–Crippen MR) is 107 cm³/mol. The number of nitrogens with zero attached hydrogens (tertiary/aromatic N) is 3. The molecule has 0 aliphatic heterocycles. The maximum atomic E-state index is 12.4. The fourth-order valence-electron chi connectivity index (χ4n) is 2.77. The lowest BCUT2D eigenvalue weighted by Crippen LogP contribution is -2.39. The second-order valence-electron chi connectivity index (χ2n) is 6.94. The third-order valence-corrected chi connectivity index (χ3v) is 4.09. The van der Waals surface area contributed by atoms with Gasteiger partial charge >= 0.3 is 0 Å². The van der Waals surface area contributed by atoms with E-state index in [2.05, 4.69) is 15.7 Å². The second kappa shape index (κ2) is 9.32. The molecule has 0 aliphatic carbocycles. The van der Waals surface area contributed by atoms with E-state index in [0.717, 1.165) is 28.9 Å². The van der Waals surface area contributed by atoms with Gasteiger partial charge in [0.1, 0.15) is 5.82 Å². The van der Waals surface area contributed by atoms with Gasteiger partial charge < -0.3 is 10.6 Å². The van der Waals surface area contributed by atoms with Crippen molar-refractivity contribution in [3.05, 3.63) is 41.1 Å². The van der Waals surface area contributed by atoms with Crippen LogP contribution >= 0.6 is 0 Å². The molecular weight excluding hydrogens is 342 g/mol. The summed E-state index contributed by atoms with van der Waals surface area (Å²) in [6, 6.07) is 7.97. The lowest BCUT2D eigenvalue weighted by Gasteiger charge is -2.16. The van der Waals surface area contributed by atoms with Crippen molar-refractivity contribution in [2.45, 2.75) is 34.1 Å². The van der Waals surface area contributed by atoms with Crippen molar-refractivity contribution < 1.29 is 9.59 Å². The van der Waals surface area contributed by atoms with Crippen LogP contribution in [0.1, 0.15) is 30.2 Å². The Bertz CT molecular complexity index is 813. The molecule has 2 aromatic rings. The van der Waals surface area contributed by atoms with Gasteiger partial charge in [-0.15, -0.1) is 0 Å². The molecule has 2 amide bonds. The van der Waals surface area contributed by atoms with Gasteiger partial charge in [0.05, 0.1) is 24.5 Å². The number of benzene rings is 1. The lowest BCUT2D eigenvalue weighted by atomic mass is 10.1. The SMILES string of the molecule is CCCNC(=O)CN(C)CC(=O)Nc1cc(C)nn1-c1cc(C)ccc1C. The summed E-state index contributed by atoms with van der Waals surface area (Å²) in [5, 5.41) is 10.2. The summed E-state index contributed by atoms with van der Waals surface area (Å²) in [6.45, 7) is 8.88. The number of hydrogen-bond acceptors (Lipinski definition) is 4. The Balaban J connectivity index is 2.06. The molecule has 2 N–H and O–H groups in total. The van der Waals surface area contributed by atoms with E-state index in [1.165, 1.54) is 0 Å². The van der Waals surface area contributed by atoms with Crippen LogP contribution < -0.4 is 10.6 Å². The van der Waals surface area contributed by atoms with Crippen molar-refractivity contribution in [2.75, 3.05) is 32.0 Å². The van der Waals surface area contributed by atoms with Crippen LogP contribution in [0, 0.1) is 20.8 Å². The molecule has 146 valence electrons. The fourth-order valence-corrected chi connectivity index (χ4v) is 2.77. The van der Waals surface area contributed by atoms with Crippen LogP contribution in [0.15, 0.2) is 24.3 Å². The number of anilines is 1. The molecule has 1 aromatic carbocycles. The van der Waals surface area contributed by atoms with Crippen molar-refractivity contribution in [3.63, 3.8) is 0 Å². The van der Waals surface area contributed by atoms with Crippen LogP contribution in [0.3, 0.4) is 0 Å². The number of likely N-dealkylation sites (N-methyl/N-ethyl adjacent to an activating group) is 1. The smallest absolute Gasteiger partial charge is 0.239 e. The van der Waals surface area contributed by atoms with Crippen LogP contribution in [0.4, 0.5) is 5.82 Å². The van der Waals surface area contributed by atoms with Gasteiger partial charge in [-0.2, -0.15) is 5.10 Å². The number of carbonyl (C=O) groups is 2. The predicted octanol–water partition coefficient (Wildman–Crippen LogP) is 2.19. The zero-order valence-electron chi connectivity index (χ0n) is 16.8. The molecule has 0 spiro atoms. The highest BCUT2D eigenvalue weighted by molar-refractivity contribution is 5.92. The minimum absolute atomic E-state index is 0.0802. The van der Waals surface area contributed by atoms with Gasteiger partial charge in [-0.25, -0.2) is 4.68 Å². The summed E-state index contributed by atoms with van der Waals surface area (Å²) < 4.78 is 1.75. The van der Waals surface area contributed by atoms with Gasteiger partial charge in [0.15, 0.2) is 0 Å². The highest BCUT2D eigenvalue weighted by Crippen LogP contribution is 2.21. The first-order valence-corrected chi connectivity index (χ1v) is 9.19. The highest BCUT2D eigenvalue weighted by atomic mass is 16.2. The second-order valence-corrected chi connectivity index (χ2v) is 6.94. The molecule has 0 bridgehead atoms. The van der Waals surface area contributed by atoms with Crippen LogP contribution in [-0.2, 0) is 9.59 Å². The quantitative estimate of drug-likeness (QED) is 0.746. The maximum Gasteiger partial charge on any atom is 0.239 e. The average Bonchev–Trinajstić information content (AvgIpc) is 2.94. The van der Waals surface area contributed by atoms with E-state index in [1.54, 1.807) is 16.6 Å². The summed E-state index contributed by atoms with van der Waals surface area (Å²) in [5.41, 5.74) is 3.95. The first kappa shape index (κ1) is 20.6. The molecule has 0 saturated heterocycles. The first-order valence-electron chi connectivity index (χ1n) is 9.19. The number of aromatic nitrogens is 2. The van der Waals surface area contributed by atoms with Gasteiger partial charge in [0, 0.05) is 12.6 Å². The van der Waals surface area contributed by atoms with Crippen molar-refractivity contribution >= 4 is 17.6 Å². The molecule has 0 fully saturated rings. The molecule has 0 aliphatic rings. The molecular formula is C20H29N5O2. The van der Waals surface area contributed by atoms with Crippen LogP contribution in [0.2, 0.25) is 0 Å². The van der Waals surface area contributed by atoms with Crippen LogP contribution in [0.5, 0.6) is 0 Å². The minimum Gasteiger partial charge on any atom is -0.355 e. The number of aryl methyl sites for hydroxylation is 3. The van der Waals surface area contributed by atoms with E-state index in [1.807, 2.05) is 52.0 Å². The summed E-state index contributed by atoms with van der Waals surface area (Å²) in [5.74, 6) is 0.353. The van der Waals surface area contributed by atoms with E-state index >= 15 is 0 Å². The Morgan fingerprint density at radius 3 is 2.52 bits per heavy atom. The summed E-state index contributed by atoms with van der Waals surface area (Å²) in [7, 11) is 1.75. The molecule has 1 heterocycles. The van der Waals surface area contributed by atoms with Crippen LogP contribution in [0.25, 0.3) is 5.69 Å². The molecule has 2 rings (SSSR count). The molecule has 7 heteroatoms. The molecule has 0 saturated carbocycles. The first-order chi connectivity index (χ1) is 12.8. The van der Waals surface area contributed by atoms with E-state index < -0.39 is 0 Å². The molecule has 0 unspecified atom stereocenters. The largest absolute Gasteiger partial charge is 0.355 e. The fraction of sp³-hybridized carbons (Fsp3) is 0.450. The Morgan fingerprint density at radius 2 is 1.81 bits per heavy atom. The van der Waals surface area contributed by atoms with Crippen molar-refractivity contribution in [1.29, 1.82) is 0 Å². The molecule has 0 radical (unpaired) electrons. The number of carbonyl (C=O) groups excluding carboxylic acids is 2. The topological polar surface area (TPSA) is 79.3 Å². The van der Waals surface area contributed by atoms with Gasteiger partial charge in [-0.05, 0) is 51.4 Å². The third-order valence-electron chi connectivity index (χ3n) is 4.09. The molecule has 1 aromatic heterocycles. The zero-order valence-corrected chi connectivity index (χ0v) is 16.8. The zero-order chi connectivity index (χ0) is 20.0. The number of nitrogens with one attached hydrogen (secondary N) is 2. The van der Waals surface area contributed by atoms with Crippen LogP contribution in [-0.4, -0.2) is 53.2 Å². The monoisotopic (exact) mass is 371 g/mol. The Hall–Kier alpha value is -2.67. The molecule has 27 heavy (non-hydrogen) atoms. The van der Waals surface area contributed by atoms with Gasteiger partial charge in [0.25, 0.3) is 0 Å². The maximum absolute atomic E-state index is 12.4. The summed E-state index contributed by atoms with van der Waals surface area (Å²) in [6.07, 6.45) is 0.887. The Morgan fingerprint density at radius 1 is 1.11 bits per heavy atom. The molecule has 0 atom stereocenters. The number of amides is 2. The summed E-state index contributed by atoms with van der Waals surface area (Å²) in [4.78, 5) is 25.9. The lowest BCUT2D eigenvalue weighted by molar-refractivity contribution is -0.122. The summed E-state index contributed by atoms with van der Waals surface area (Å²) >= 11 is 0. The molecule has 7 nitrogen and oxygen atoms in total. The highest BCUT2D eigenvalue weighted by Gasteiger charge is 2.15. The normalized spacial score (nSPS) is 10.9. The van der Waals surface area contributed by atoms with Gasteiger partial charge in [-0.3, -0.25) is 14.5 Å². The van der Waals surface area contributed by atoms with Gasteiger partial charge in [-0.1, -0.05) is 19.1 Å². The Labute approximate surface area is 160 Å². The minimum atomic E-state index is -0.188. The van der Waals surface area contributed by atoms with Crippen molar-refractivity contribution in [3.8, 4) is 5.69 Å². The van der Waals surface area contributed by atoms with Crippen molar-refractivity contribution in [2.24, 2.45) is 0 Å². The van der Waals surface area contributed by atoms with E-state index in [0.29, 0.717) is 12.4 Å². The van der Waals surface area contributed by atoms with E-state index in [-0.39, 0.29) is 24.9 Å². The number of rotatable bonds is 8. The van der Waals surface area contributed by atoms with Gasteiger partial charge in [0.2, 0.25) is 11.8 Å².